The number of ether oxygens (including phenoxy) is 1. The van der Waals surface area contributed by atoms with Crippen LogP contribution >= 0.6 is 0 Å². The van der Waals surface area contributed by atoms with Gasteiger partial charge in [-0.05, 0) is 38.1 Å². The Morgan fingerprint density at radius 1 is 1.54 bits per heavy atom. The van der Waals surface area contributed by atoms with Crippen LogP contribution in [0, 0.1) is 5.92 Å². The minimum atomic E-state index is 0.748. The first kappa shape index (κ1) is 10.7. The smallest absolute Gasteiger partial charge is 0.0506 e. The summed E-state index contributed by atoms with van der Waals surface area (Å²) in [5.74, 6) is 0.748. The molecule has 0 aromatic heterocycles. The molecule has 0 bridgehead atoms. The molecule has 0 amide bonds. The molecule has 2 heteroatoms. The Labute approximate surface area is 81.4 Å². The largest absolute Gasteiger partial charge is 0.381 e. The summed E-state index contributed by atoms with van der Waals surface area (Å²) in [6.07, 6.45) is 6.87. The van der Waals surface area contributed by atoms with Gasteiger partial charge in [0, 0.05) is 13.2 Å². The summed E-state index contributed by atoms with van der Waals surface area (Å²) in [6, 6.07) is 0. The molecule has 0 aromatic carbocycles. The van der Waals surface area contributed by atoms with Crippen molar-refractivity contribution in [3.63, 3.8) is 0 Å². The molecule has 1 atom stereocenters. The third-order valence-corrected chi connectivity index (χ3v) is 2.45. The van der Waals surface area contributed by atoms with Crippen LogP contribution in [0.4, 0.5) is 0 Å². The van der Waals surface area contributed by atoms with E-state index in [9.17, 15) is 0 Å². The highest BCUT2D eigenvalue weighted by atomic mass is 16.5. The van der Waals surface area contributed by atoms with Crippen LogP contribution in [0.1, 0.15) is 25.7 Å². The SMILES string of the molecule is C=CCCCNCC1CCCOC1. The van der Waals surface area contributed by atoms with Gasteiger partial charge in [-0.2, -0.15) is 0 Å². The number of hydrogen-bond acceptors (Lipinski definition) is 2. The fourth-order valence-electron chi connectivity index (χ4n) is 1.65. The van der Waals surface area contributed by atoms with E-state index in [2.05, 4.69) is 11.9 Å². The fourth-order valence-corrected chi connectivity index (χ4v) is 1.65. The molecule has 0 saturated carbocycles. The third kappa shape index (κ3) is 5.06. The summed E-state index contributed by atoms with van der Waals surface area (Å²) in [5.41, 5.74) is 0. The molecule has 1 unspecified atom stereocenters. The molecule has 0 spiro atoms. The van der Waals surface area contributed by atoms with Gasteiger partial charge in [-0.25, -0.2) is 0 Å². The standard InChI is InChI=1S/C11H21NO/c1-2-3-4-7-12-9-11-6-5-8-13-10-11/h2,11-12H,1,3-10H2. The maximum atomic E-state index is 5.40. The van der Waals surface area contributed by atoms with Gasteiger partial charge in [-0.3, -0.25) is 0 Å². The van der Waals surface area contributed by atoms with Crippen LogP contribution in [0.2, 0.25) is 0 Å². The van der Waals surface area contributed by atoms with Gasteiger partial charge in [0.25, 0.3) is 0 Å². The fraction of sp³-hybridized carbons (Fsp3) is 0.818. The Morgan fingerprint density at radius 3 is 3.15 bits per heavy atom. The molecule has 2 nitrogen and oxygen atoms in total. The highest BCUT2D eigenvalue weighted by molar-refractivity contribution is 4.68. The lowest BCUT2D eigenvalue weighted by Gasteiger charge is -2.22. The second-order valence-electron chi connectivity index (χ2n) is 3.72. The summed E-state index contributed by atoms with van der Waals surface area (Å²) in [4.78, 5) is 0. The molecule has 0 radical (unpaired) electrons. The highest BCUT2D eigenvalue weighted by Gasteiger charge is 2.12. The second-order valence-corrected chi connectivity index (χ2v) is 3.72. The van der Waals surface area contributed by atoms with E-state index in [1.54, 1.807) is 0 Å². The number of hydrogen-bond donors (Lipinski definition) is 1. The van der Waals surface area contributed by atoms with Gasteiger partial charge >= 0.3 is 0 Å². The van der Waals surface area contributed by atoms with Crippen LogP contribution in [0.5, 0.6) is 0 Å². The lowest BCUT2D eigenvalue weighted by Crippen LogP contribution is -2.29. The summed E-state index contributed by atoms with van der Waals surface area (Å²) >= 11 is 0. The molecular weight excluding hydrogens is 162 g/mol. The first-order chi connectivity index (χ1) is 6.43. The zero-order chi connectivity index (χ0) is 9.36. The van der Waals surface area contributed by atoms with Crippen molar-refractivity contribution in [3.8, 4) is 0 Å². The first-order valence-corrected chi connectivity index (χ1v) is 5.33. The monoisotopic (exact) mass is 183 g/mol. The zero-order valence-electron chi connectivity index (χ0n) is 8.43. The van der Waals surface area contributed by atoms with E-state index < -0.39 is 0 Å². The Hall–Kier alpha value is -0.340. The van der Waals surface area contributed by atoms with Crippen molar-refractivity contribution in [2.45, 2.75) is 25.7 Å². The van der Waals surface area contributed by atoms with Gasteiger partial charge in [0.15, 0.2) is 0 Å². The Balaban J connectivity index is 1.89. The van der Waals surface area contributed by atoms with E-state index in [-0.39, 0.29) is 0 Å². The second kappa shape index (κ2) is 7.10. The number of nitrogens with one attached hydrogen (secondary N) is 1. The van der Waals surface area contributed by atoms with Crippen LogP contribution in [0.25, 0.3) is 0 Å². The van der Waals surface area contributed by atoms with Crippen molar-refractivity contribution in [2.75, 3.05) is 26.3 Å². The van der Waals surface area contributed by atoms with Crippen molar-refractivity contribution >= 4 is 0 Å². The Kier molecular flexibility index (Phi) is 5.87. The van der Waals surface area contributed by atoms with E-state index >= 15 is 0 Å². The summed E-state index contributed by atoms with van der Waals surface area (Å²) in [5, 5.41) is 3.46. The van der Waals surface area contributed by atoms with Gasteiger partial charge in [0.05, 0.1) is 6.61 Å². The van der Waals surface area contributed by atoms with Crippen molar-refractivity contribution < 1.29 is 4.74 Å². The molecule has 0 aromatic rings. The minimum absolute atomic E-state index is 0.748. The lowest BCUT2D eigenvalue weighted by atomic mass is 10.0. The molecule has 1 saturated heterocycles. The van der Waals surface area contributed by atoms with Gasteiger partial charge in [0.1, 0.15) is 0 Å². The van der Waals surface area contributed by atoms with Crippen LogP contribution < -0.4 is 5.32 Å². The number of allylic oxidation sites excluding steroid dienone is 1. The van der Waals surface area contributed by atoms with Crippen molar-refractivity contribution in [1.29, 1.82) is 0 Å². The van der Waals surface area contributed by atoms with Gasteiger partial charge in [-0.1, -0.05) is 6.08 Å². The average Bonchev–Trinajstić information content (AvgIpc) is 2.19. The van der Waals surface area contributed by atoms with E-state index in [4.69, 9.17) is 4.74 Å². The third-order valence-electron chi connectivity index (χ3n) is 2.45. The molecule has 1 rings (SSSR count). The van der Waals surface area contributed by atoms with Gasteiger partial charge in [-0.15, -0.1) is 6.58 Å². The maximum absolute atomic E-state index is 5.40. The van der Waals surface area contributed by atoms with Crippen molar-refractivity contribution in [1.82, 2.24) is 5.32 Å². The molecule has 1 aliphatic rings. The van der Waals surface area contributed by atoms with E-state index in [1.165, 1.54) is 19.3 Å². The maximum Gasteiger partial charge on any atom is 0.0506 e. The van der Waals surface area contributed by atoms with E-state index in [1.807, 2.05) is 6.08 Å². The van der Waals surface area contributed by atoms with Crippen molar-refractivity contribution in [3.05, 3.63) is 12.7 Å². The Bertz CT molecular complexity index is 130. The van der Waals surface area contributed by atoms with Crippen LogP contribution in [0.15, 0.2) is 12.7 Å². The van der Waals surface area contributed by atoms with Crippen LogP contribution in [-0.4, -0.2) is 26.3 Å². The van der Waals surface area contributed by atoms with E-state index in [0.717, 1.165) is 38.6 Å². The molecular formula is C11H21NO. The summed E-state index contributed by atoms with van der Waals surface area (Å²) < 4.78 is 5.40. The Morgan fingerprint density at radius 2 is 2.46 bits per heavy atom. The highest BCUT2D eigenvalue weighted by Crippen LogP contribution is 2.11. The normalized spacial score (nSPS) is 22.9. The molecule has 76 valence electrons. The topological polar surface area (TPSA) is 21.3 Å². The molecule has 1 aliphatic heterocycles. The number of rotatable bonds is 6. The average molecular weight is 183 g/mol. The predicted molar refractivity (Wildman–Crippen MR) is 55.8 cm³/mol. The molecule has 1 N–H and O–H groups in total. The zero-order valence-corrected chi connectivity index (χ0v) is 8.43. The van der Waals surface area contributed by atoms with Crippen LogP contribution in [0.3, 0.4) is 0 Å². The molecule has 13 heavy (non-hydrogen) atoms. The van der Waals surface area contributed by atoms with E-state index in [0.29, 0.717) is 0 Å². The first-order valence-electron chi connectivity index (χ1n) is 5.33. The minimum Gasteiger partial charge on any atom is -0.381 e. The van der Waals surface area contributed by atoms with Gasteiger partial charge < -0.3 is 10.1 Å². The quantitative estimate of drug-likeness (QED) is 0.502. The molecule has 1 heterocycles. The predicted octanol–water partition coefficient (Wildman–Crippen LogP) is 1.97. The number of unbranched alkanes of at least 4 members (excludes halogenated alkanes) is 1. The summed E-state index contributed by atoms with van der Waals surface area (Å²) in [7, 11) is 0. The molecule has 1 fully saturated rings. The molecule has 0 aliphatic carbocycles. The van der Waals surface area contributed by atoms with Crippen LogP contribution in [-0.2, 0) is 4.74 Å². The van der Waals surface area contributed by atoms with Gasteiger partial charge in [0.2, 0.25) is 0 Å². The lowest BCUT2D eigenvalue weighted by molar-refractivity contribution is 0.0549. The van der Waals surface area contributed by atoms with Crippen molar-refractivity contribution in [2.24, 2.45) is 5.92 Å². The summed E-state index contributed by atoms with van der Waals surface area (Å²) in [6.45, 7) is 7.85.